The van der Waals surface area contributed by atoms with E-state index in [9.17, 15) is 5.11 Å². The first-order chi connectivity index (χ1) is 8.40. The maximum Gasteiger partial charge on any atom is 0.137 e. The Morgan fingerprint density at radius 3 is 2.65 bits per heavy atom. The highest BCUT2D eigenvalue weighted by molar-refractivity contribution is 5.32. The number of piperidine rings is 1. The second-order valence-corrected chi connectivity index (χ2v) is 4.67. The number of rotatable bonds is 5. The number of benzene rings is 1. The fourth-order valence-electron chi connectivity index (χ4n) is 2.38. The van der Waals surface area contributed by atoms with Gasteiger partial charge in [-0.3, -0.25) is 0 Å². The van der Waals surface area contributed by atoms with Crippen molar-refractivity contribution in [3.63, 3.8) is 0 Å². The van der Waals surface area contributed by atoms with Crippen LogP contribution in [0.2, 0.25) is 0 Å². The van der Waals surface area contributed by atoms with E-state index >= 15 is 0 Å². The van der Waals surface area contributed by atoms with Gasteiger partial charge in [-0.15, -0.1) is 0 Å². The zero-order chi connectivity index (χ0) is 11.9. The number of nitrogens with one attached hydrogen (secondary N) is 1. The third-order valence-electron chi connectivity index (χ3n) is 3.42. The van der Waals surface area contributed by atoms with Crippen molar-refractivity contribution in [2.45, 2.75) is 25.9 Å². The second-order valence-electron chi connectivity index (χ2n) is 4.67. The smallest absolute Gasteiger partial charge is 0.137 e. The number of para-hydroxylation sites is 1. The van der Waals surface area contributed by atoms with Gasteiger partial charge in [-0.1, -0.05) is 18.2 Å². The Kier molecular flexibility index (Phi) is 4.83. The van der Waals surface area contributed by atoms with Crippen LogP contribution in [0.1, 0.15) is 24.8 Å². The summed E-state index contributed by atoms with van der Waals surface area (Å²) in [6.45, 7) is 4.43. The molecule has 3 nitrogen and oxygen atoms in total. The van der Waals surface area contributed by atoms with Gasteiger partial charge in [-0.2, -0.15) is 0 Å². The largest absolute Gasteiger partial charge is 0.487 e. The summed E-state index contributed by atoms with van der Waals surface area (Å²) in [5, 5.41) is 9.18. The molecule has 17 heavy (non-hydrogen) atoms. The topological polar surface area (TPSA) is 33.9 Å². The summed E-state index contributed by atoms with van der Waals surface area (Å²) in [6.07, 6.45) is 4.09. The van der Waals surface area contributed by atoms with E-state index in [-0.39, 0.29) is 6.61 Å². The highest BCUT2D eigenvalue weighted by Gasteiger charge is 2.13. The summed E-state index contributed by atoms with van der Waals surface area (Å²) >= 11 is 0. The Morgan fingerprint density at radius 1 is 1.12 bits per heavy atom. The van der Waals surface area contributed by atoms with Gasteiger partial charge in [0.1, 0.15) is 18.9 Å². The molecule has 0 radical (unpaired) electrons. The molecular weight excluding hydrogens is 214 g/mol. The molecule has 1 aliphatic rings. The molecule has 0 bridgehead atoms. The minimum absolute atomic E-state index is 0.0484. The zero-order valence-electron chi connectivity index (χ0n) is 10.3. The molecule has 1 aromatic rings. The first kappa shape index (κ1) is 12.4. The van der Waals surface area contributed by atoms with Crippen LogP contribution >= 0.6 is 0 Å². The summed E-state index contributed by atoms with van der Waals surface area (Å²) in [5.41, 5.74) is 0.876. The minimum Gasteiger partial charge on any atom is -0.487 e. The summed E-state index contributed by atoms with van der Waals surface area (Å²) in [7, 11) is 0. The summed E-state index contributed by atoms with van der Waals surface area (Å²) in [5.74, 6) is 0.825. The van der Waals surface area contributed by atoms with Crippen molar-refractivity contribution in [1.29, 1.82) is 0 Å². The zero-order valence-corrected chi connectivity index (χ0v) is 10.3. The van der Waals surface area contributed by atoms with Gasteiger partial charge in [0.15, 0.2) is 0 Å². The van der Waals surface area contributed by atoms with Gasteiger partial charge in [0.05, 0.1) is 19.7 Å². The molecule has 0 saturated carbocycles. The molecule has 0 aliphatic carbocycles. The number of quaternary nitrogens is 1. The maximum atomic E-state index is 9.18. The molecule has 1 aromatic carbocycles. The van der Waals surface area contributed by atoms with Crippen molar-refractivity contribution in [2.24, 2.45) is 0 Å². The number of likely N-dealkylation sites (tertiary alicyclic amines) is 1. The monoisotopic (exact) mass is 236 g/mol. The van der Waals surface area contributed by atoms with Gasteiger partial charge >= 0.3 is 0 Å². The van der Waals surface area contributed by atoms with E-state index in [1.807, 2.05) is 24.3 Å². The third kappa shape index (κ3) is 3.72. The third-order valence-corrected chi connectivity index (χ3v) is 3.42. The average Bonchev–Trinajstić information content (AvgIpc) is 2.40. The lowest BCUT2D eigenvalue weighted by molar-refractivity contribution is -0.904. The Balaban J connectivity index is 1.77. The Morgan fingerprint density at radius 2 is 1.88 bits per heavy atom. The summed E-state index contributed by atoms with van der Waals surface area (Å²) in [6, 6.07) is 7.71. The number of ether oxygens (including phenoxy) is 1. The van der Waals surface area contributed by atoms with Gasteiger partial charge in [-0.25, -0.2) is 0 Å². The number of aliphatic hydroxyl groups is 1. The van der Waals surface area contributed by atoms with Crippen LogP contribution in [0.15, 0.2) is 24.3 Å². The van der Waals surface area contributed by atoms with Gasteiger partial charge in [0.25, 0.3) is 0 Å². The number of aliphatic hydroxyl groups excluding tert-OH is 1. The van der Waals surface area contributed by atoms with Crippen LogP contribution in [-0.4, -0.2) is 31.3 Å². The Bertz CT molecular complexity index is 335. The molecular formula is C14H22NO2+. The molecule has 0 spiro atoms. The average molecular weight is 236 g/mol. The van der Waals surface area contributed by atoms with Crippen molar-refractivity contribution in [3.8, 4) is 5.75 Å². The predicted octanol–water partition coefficient (Wildman–Crippen LogP) is 0.626. The highest BCUT2D eigenvalue weighted by Crippen LogP contribution is 2.17. The first-order valence-corrected chi connectivity index (χ1v) is 6.55. The molecule has 2 N–H and O–H groups in total. The second kappa shape index (κ2) is 6.62. The van der Waals surface area contributed by atoms with Crippen molar-refractivity contribution in [1.82, 2.24) is 0 Å². The normalized spacial score (nSPS) is 17.0. The maximum absolute atomic E-state index is 9.18. The molecule has 1 fully saturated rings. The van der Waals surface area contributed by atoms with Crippen LogP contribution in [0.5, 0.6) is 5.75 Å². The van der Waals surface area contributed by atoms with Crippen molar-refractivity contribution < 1.29 is 14.7 Å². The van der Waals surface area contributed by atoms with Crippen molar-refractivity contribution in [3.05, 3.63) is 29.8 Å². The lowest BCUT2D eigenvalue weighted by Gasteiger charge is -2.23. The van der Waals surface area contributed by atoms with Crippen LogP contribution < -0.4 is 9.64 Å². The van der Waals surface area contributed by atoms with E-state index in [0.29, 0.717) is 0 Å². The van der Waals surface area contributed by atoms with E-state index in [4.69, 9.17) is 4.74 Å². The highest BCUT2D eigenvalue weighted by atomic mass is 16.5. The molecule has 1 heterocycles. The van der Waals surface area contributed by atoms with Crippen LogP contribution in [0, 0.1) is 0 Å². The molecule has 1 saturated heterocycles. The van der Waals surface area contributed by atoms with E-state index in [0.717, 1.165) is 24.5 Å². The van der Waals surface area contributed by atoms with Crippen LogP contribution in [0.4, 0.5) is 0 Å². The lowest BCUT2D eigenvalue weighted by atomic mass is 10.1. The lowest BCUT2D eigenvalue weighted by Crippen LogP contribution is -3.13. The minimum atomic E-state index is 0.0484. The van der Waals surface area contributed by atoms with Gasteiger partial charge in [0.2, 0.25) is 0 Å². The molecule has 2 rings (SSSR count). The molecule has 0 unspecified atom stereocenters. The molecule has 3 heteroatoms. The molecule has 0 amide bonds. The standard InChI is InChI=1S/C14H21NO2/c16-12-13-6-2-3-7-14(13)17-11-10-15-8-4-1-5-9-15/h2-3,6-7,16H,1,4-5,8-12H2/p+1. The van der Waals surface area contributed by atoms with Crippen LogP contribution in [0.3, 0.4) is 0 Å². The first-order valence-electron chi connectivity index (χ1n) is 6.55. The number of hydrogen-bond donors (Lipinski definition) is 2. The van der Waals surface area contributed by atoms with E-state index < -0.39 is 0 Å². The van der Waals surface area contributed by atoms with Crippen LogP contribution in [0.25, 0.3) is 0 Å². The van der Waals surface area contributed by atoms with Gasteiger partial charge in [0, 0.05) is 5.56 Å². The summed E-state index contributed by atoms with van der Waals surface area (Å²) in [4.78, 5) is 1.65. The summed E-state index contributed by atoms with van der Waals surface area (Å²) < 4.78 is 5.75. The fourth-order valence-corrected chi connectivity index (χ4v) is 2.38. The molecule has 1 aliphatic heterocycles. The predicted molar refractivity (Wildman–Crippen MR) is 67.3 cm³/mol. The molecule has 94 valence electrons. The van der Waals surface area contributed by atoms with E-state index in [1.165, 1.54) is 32.4 Å². The fraction of sp³-hybridized carbons (Fsp3) is 0.571. The van der Waals surface area contributed by atoms with Crippen LogP contribution in [-0.2, 0) is 6.61 Å². The van der Waals surface area contributed by atoms with E-state index in [1.54, 1.807) is 4.90 Å². The molecule has 0 aromatic heterocycles. The quantitative estimate of drug-likeness (QED) is 0.786. The van der Waals surface area contributed by atoms with Crippen molar-refractivity contribution >= 4 is 0 Å². The van der Waals surface area contributed by atoms with Gasteiger partial charge in [-0.05, 0) is 25.3 Å². The molecule has 0 atom stereocenters. The Labute approximate surface area is 103 Å². The van der Waals surface area contributed by atoms with Gasteiger partial charge < -0.3 is 14.7 Å². The Hall–Kier alpha value is -1.06. The SMILES string of the molecule is OCc1ccccc1OCC[NH+]1CCCCC1. The van der Waals surface area contributed by atoms with E-state index in [2.05, 4.69) is 0 Å². The van der Waals surface area contributed by atoms with Crippen molar-refractivity contribution in [2.75, 3.05) is 26.2 Å². The number of hydrogen-bond acceptors (Lipinski definition) is 2.